The van der Waals surface area contributed by atoms with Crippen molar-refractivity contribution in [2.24, 2.45) is 0 Å². The Morgan fingerprint density at radius 3 is 2.10 bits per heavy atom. The van der Waals surface area contributed by atoms with Crippen molar-refractivity contribution in [3.05, 3.63) is 157 Å². The lowest BCUT2D eigenvalue weighted by molar-refractivity contribution is 0.670. The van der Waals surface area contributed by atoms with Crippen LogP contribution in [0.25, 0.3) is 83.1 Å². The molecule has 0 fully saturated rings. The summed E-state index contributed by atoms with van der Waals surface area (Å²) in [5.74, 6) is 1.26. The van der Waals surface area contributed by atoms with Crippen LogP contribution in [0, 0.1) is 0 Å². The normalized spacial score (nSPS) is 13.4. The molecule has 0 unspecified atom stereocenters. The molecule has 0 radical (unpaired) electrons. The maximum absolute atomic E-state index is 8.53. The van der Waals surface area contributed by atoms with Gasteiger partial charge in [-0.2, -0.15) is 0 Å². The number of fused-ring (bicyclic) bond motifs is 5. The van der Waals surface area contributed by atoms with Crippen LogP contribution in [0.3, 0.4) is 0 Å². The molecule has 0 bridgehead atoms. The van der Waals surface area contributed by atoms with E-state index in [1.54, 1.807) is 0 Å². The van der Waals surface area contributed by atoms with Crippen LogP contribution in [0.4, 0.5) is 0 Å². The molecule has 9 aromatic rings. The highest BCUT2D eigenvalue weighted by Crippen LogP contribution is 2.43. The average molecular weight is 652 g/mol. The van der Waals surface area contributed by atoms with Crippen LogP contribution in [0.1, 0.15) is 57.5 Å². The number of hydrogen-bond acceptors (Lipinski definition) is 2. The van der Waals surface area contributed by atoms with Crippen LogP contribution in [-0.4, -0.2) is 9.55 Å². The molecule has 0 N–H and O–H groups in total. The van der Waals surface area contributed by atoms with Gasteiger partial charge in [-0.25, -0.2) is 4.98 Å². The van der Waals surface area contributed by atoms with Gasteiger partial charge in [-0.1, -0.05) is 125 Å². The van der Waals surface area contributed by atoms with Crippen molar-refractivity contribution >= 4 is 43.7 Å². The van der Waals surface area contributed by atoms with Gasteiger partial charge in [0.1, 0.15) is 17.0 Å². The number of rotatable bonds is 6. The smallest absolute Gasteiger partial charge is 0.149 e. The minimum atomic E-state index is -0.405. The number of aromatic nitrogens is 2. The Balaban J connectivity index is 1.28. The Bertz CT molecular complexity index is 2940. The van der Waals surface area contributed by atoms with Crippen LogP contribution in [0.15, 0.2) is 150 Å². The molecule has 242 valence electrons. The van der Waals surface area contributed by atoms with E-state index in [0.29, 0.717) is 11.1 Å². The summed E-state index contributed by atoms with van der Waals surface area (Å²) < 4.78 is 50.6. The highest BCUT2D eigenvalue weighted by molar-refractivity contribution is 6.13. The molecule has 0 amide bonds. The topological polar surface area (TPSA) is 31.0 Å². The second-order valence-electron chi connectivity index (χ2n) is 13.6. The monoisotopic (exact) mass is 651 g/mol. The first-order valence-corrected chi connectivity index (χ1v) is 17.2. The maximum atomic E-state index is 8.53. The van der Waals surface area contributed by atoms with E-state index < -0.39 is 6.04 Å². The molecule has 0 aliphatic carbocycles. The van der Waals surface area contributed by atoms with Crippen molar-refractivity contribution < 1.29 is 11.3 Å². The molecule has 2 heterocycles. The molecule has 0 saturated heterocycles. The number of hydrogen-bond donors (Lipinski definition) is 0. The van der Waals surface area contributed by atoms with Crippen molar-refractivity contribution in [2.45, 2.75) is 39.5 Å². The van der Waals surface area contributed by atoms with Crippen molar-refractivity contribution in [2.75, 3.05) is 0 Å². The lowest BCUT2D eigenvalue weighted by atomic mass is 9.88. The van der Waals surface area contributed by atoms with E-state index in [9.17, 15) is 0 Å². The molecule has 0 saturated carbocycles. The van der Waals surface area contributed by atoms with Gasteiger partial charge in [0.05, 0.1) is 29.1 Å². The first kappa shape index (κ1) is 25.1. The van der Waals surface area contributed by atoms with Gasteiger partial charge in [-0.15, -0.1) is 0 Å². The third-order valence-corrected chi connectivity index (χ3v) is 9.79. The molecule has 9 rings (SSSR count). The standard InChI is InChI=1S/C47H38N2O/c1-29(2)39-26-36(32-16-9-6-10-17-32)27-40(30(3)4)45(39)49-43-21-12-11-20-42(43)48-47(49)38-19-13-18-37-41-25-34-23-22-33(31-14-7-5-8-15-31)24-35(34)28-44(41)50-46(37)38/h5-30H,1-4H3/i5D,7D,8D,14D,15D. The largest absolute Gasteiger partial charge is 0.455 e. The van der Waals surface area contributed by atoms with Crippen LogP contribution < -0.4 is 0 Å². The van der Waals surface area contributed by atoms with Crippen LogP contribution in [0.2, 0.25) is 0 Å². The number of imidazole rings is 1. The summed E-state index contributed by atoms with van der Waals surface area (Å²) in [5.41, 5.74) is 11.0. The molecule has 0 atom stereocenters. The van der Waals surface area contributed by atoms with Crippen molar-refractivity contribution in [3.8, 4) is 39.3 Å². The Morgan fingerprint density at radius 2 is 1.34 bits per heavy atom. The Kier molecular flexibility index (Phi) is 5.97. The fraction of sp³-hybridized carbons (Fsp3) is 0.128. The summed E-state index contributed by atoms with van der Waals surface area (Å²) in [6, 6.07) is 37.9. The van der Waals surface area contributed by atoms with E-state index in [2.05, 4.69) is 117 Å². The average Bonchev–Trinajstić information content (AvgIpc) is 3.76. The number of benzene rings is 7. The lowest BCUT2D eigenvalue weighted by Gasteiger charge is -2.24. The molecule has 7 aromatic carbocycles. The maximum Gasteiger partial charge on any atom is 0.149 e. The zero-order chi connectivity index (χ0) is 38.3. The molecule has 0 aliphatic rings. The van der Waals surface area contributed by atoms with Crippen molar-refractivity contribution in [1.29, 1.82) is 0 Å². The van der Waals surface area contributed by atoms with E-state index in [1.807, 2.05) is 30.3 Å². The third kappa shape index (κ3) is 4.92. The fourth-order valence-corrected chi connectivity index (χ4v) is 7.32. The molecule has 0 spiro atoms. The van der Waals surface area contributed by atoms with Crippen LogP contribution >= 0.6 is 0 Å². The van der Waals surface area contributed by atoms with Gasteiger partial charge >= 0.3 is 0 Å². The molecule has 3 nitrogen and oxygen atoms in total. The van der Waals surface area contributed by atoms with Crippen molar-refractivity contribution in [1.82, 2.24) is 9.55 Å². The molecule has 2 aromatic heterocycles. The zero-order valence-electron chi connectivity index (χ0n) is 33.4. The SMILES string of the molecule is [2H]c1c([2H])c([2H])c(-c2ccc3cc4c(cc3c2)oc2c(-c3nc5ccccc5n3-c3c(C(C)C)cc(-c5ccccc5)cc3C(C)C)cccc24)c([2H])c1[2H]. The Hall–Kier alpha value is -5.93. The highest BCUT2D eigenvalue weighted by Gasteiger charge is 2.25. The summed E-state index contributed by atoms with van der Waals surface area (Å²) in [7, 11) is 0. The van der Waals surface area contributed by atoms with E-state index in [4.69, 9.17) is 16.3 Å². The predicted octanol–water partition coefficient (Wildman–Crippen LogP) is 13.3. The van der Waals surface area contributed by atoms with Gasteiger partial charge in [0, 0.05) is 10.8 Å². The quantitative estimate of drug-likeness (QED) is 0.179. The van der Waals surface area contributed by atoms with Gasteiger partial charge in [0.25, 0.3) is 0 Å². The van der Waals surface area contributed by atoms with E-state index in [-0.39, 0.29) is 41.6 Å². The first-order valence-electron chi connectivity index (χ1n) is 19.7. The summed E-state index contributed by atoms with van der Waals surface area (Å²) in [4.78, 5) is 5.32. The molecule has 3 heteroatoms. The second-order valence-corrected chi connectivity index (χ2v) is 13.6. The highest BCUT2D eigenvalue weighted by atomic mass is 16.3. The minimum absolute atomic E-state index is 0.178. The van der Waals surface area contributed by atoms with Gasteiger partial charge in [0.15, 0.2) is 0 Å². The first-order chi connectivity index (χ1) is 26.5. The Morgan fingerprint density at radius 1 is 0.600 bits per heavy atom. The lowest BCUT2D eigenvalue weighted by Crippen LogP contribution is -2.09. The van der Waals surface area contributed by atoms with Gasteiger partial charge in [0.2, 0.25) is 0 Å². The van der Waals surface area contributed by atoms with E-state index >= 15 is 0 Å². The van der Waals surface area contributed by atoms with Gasteiger partial charge in [-0.05, 0) is 105 Å². The van der Waals surface area contributed by atoms with E-state index in [0.717, 1.165) is 55.2 Å². The number of nitrogens with zero attached hydrogens (tertiary/aromatic N) is 2. The van der Waals surface area contributed by atoms with Gasteiger partial charge in [-0.3, -0.25) is 4.57 Å². The zero-order valence-corrected chi connectivity index (χ0v) is 28.4. The van der Waals surface area contributed by atoms with Crippen LogP contribution in [0.5, 0.6) is 0 Å². The van der Waals surface area contributed by atoms with E-state index in [1.165, 1.54) is 22.3 Å². The fourth-order valence-electron chi connectivity index (χ4n) is 7.32. The number of furan rings is 1. The summed E-state index contributed by atoms with van der Waals surface area (Å²) >= 11 is 0. The number of para-hydroxylation sites is 3. The van der Waals surface area contributed by atoms with Crippen LogP contribution in [-0.2, 0) is 0 Å². The predicted molar refractivity (Wildman–Crippen MR) is 210 cm³/mol. The molecular weight excluding hydrogens is 609 g/mol. The summed E-state index contributed by atoms with van der Waals surface area (Å²) in [6.07, 6.45) is 0. The van der Waals surface area contributed by atoms with Gasteiger partial charge < -0.3 is 4.42 Å². The minimum Gasteiger partial charge on any atom is -0.455 e. The summed E-state index contributed by atoms with van der Waals surface area (Å²) in [5, 5.41) is 3.72. The molecule has 50 heavy (non-hydrogen) atoms. The van der Waals surface area contributed by atoms with Crippen molar-refractivity contribution in [3.63, 3.8) is 0 Å². The molecular formula is C47H38N2O. The Labute approximate surface area is 299 Å². The molecule has 0 aliphatic heterocycles. The third-order valence-electron chi connectivity index (χ3n) is 9.79. The summed E-state index contributed by atoms with van der Waals surface area (Å²) in [6.45, 7) is 9.02. The second kappa shape index (κ2) is 11.9.